The van der Waals surface area contributed by atoms with Gasteiger partial charge in [0.2, 0.25) is 5.91 Å². The molecule has 2 aromatic rings. The van der Waals surface area contributed by atoms with Gasteiger partial charge in [0.15, 0.2) is 0 Å². The number of carbonyl (C=O) groups excluding carboxylic acids is 1. The average Bonchev–Trinajstić information content (AvgIpc) is 2.99. The van der Waals surface area contributed by atoms with Gasteiger partial charge in [-0.1, -0.05) is 6.07 Å². The number of thioether (sulfide) groups is 1. The Labute approximate surface area is 132 Å². The second-order valence-electron chi connectivity index (χ2n) is 4.39. The maximum Gasteiger partial charge on any atom is 0.224 e. The first-order valence-corrected chi connectivity index (χ1v) is 8.45. The highest BCUT2D eigenvalue weighted by Gasteiger charge is 2.08. The van der Waals surface area contributed by atoms with Crippen molar-refractivity contribution in [2.45, 2.75) is 17.1 Å². The summed E-state index contributed by atoms with van der Waals surface area (Å²) in [6.45, 7) is 0. The maximum absolute atomic E-state index is 11.9. The second-order valence-corrected chi connectivity index (χ2v) is 6.73. The third-order valence-corrected chi connectivity index (χ3v) is 5.00. The number of benzene rings is 1. The molecule has 1 amide bonds. The molecule has 0 unspecified atom stereocenters. The number of ether oxygens (including phenoxy) is 1. The topological polar surface area (TPSA) is 64.3 Å². The van der Waals surface area contributed by atoms with Crippen LogP contribution in [0, 0.1) is 0 Å². The average molecular weight is 322 g/mol. The zero-order valence-electron chi connectivity index (χ0n) is 11.8. The van der Waals surface area contributed by atoms with E-state index in [0.29, 0.717) is 23.5 Å². The molecule has 21 heavy (non-hydrogen) atoms. The molecule has 0 aliphatic rings. The van der Waals surface area contributed by atoms with Gasteiger partial charge in [-0.25, -0.2) is 0 Å². The molecule has 0 aliphatic carbocycles. The summed E-state index contributed by atoms with van der Waals surface area (Å²) in [5.41, 5.74) is 6.95. The van der Waals surface area contributed by atoms with E-state index in [4.69, 9.17) is 10.5 Å². The summed E-state index contributed by atoms with van der Waals surface area (Å²) >= 11 is 3.51. The molecule has 0 radical (unpaired) electrons. The Balaban J connectivity index is 1.76. The van der Waals surface area contributed by atoms with Gasteiger partial charge < -0.3 is 15.8 Å². The van der Waals surface area contributed by atoms with Crippen LogP contribution in [0.1, 0.15) is 12.8 Å². The van der Waals surface area contributed by atoms with Crippen LogP contribution in [0.25, 0.3) is 0 Å². The highest BCUT2D eigenvalue weighted by Crippen LogP contribution is 2.27. The maximum atomic E-state index is 11.9. The van der Waals surface area contributed by atoms with Crippen molar-refractivity contribution in [3.8, 4) is 5.75 Å². The van der Waals surface area contributed by atoms with Crippen LogP contribution in [0.2, 0.25) is 0 Å². The molecule has 6 heteroatoms. The lowest BCUT2D eigenvalue weighted by atomic mass is 10.2. The van der Waals surface area contributed by atoms with Crippen LogP contribution in [-0.2, 0) is 4.79 Å². The first-order chi connectivity index (χ1) is 10.2. The van der Waals surface area contributed by atoms with Gasteiger partial charge in [0, 0.05) is 18.2 Å². The second kappa shape index (κ2) is 7.95. The monoisotopic (exact) mass is 322 g/mol. The van der Waals surface area contributed by atoms with E-state index in [-0.39, 0.29) is 5.91 Å². The number of thiophene rings is 1. The lowest BCUT2D eigenvalue weighted by molar-refractivity contribution is -0.116. The lowest BCUT2D eigenvalue weighted by Gasteiger charge is -2.10. The van der Waals surface area contributed by atoms with E-state index < -0.39 is 0 Å². The Morgan fingerprint density at radius 1 is 1.43 bits per heavy atom. The zero-order chi connectivity index (χ0) is 15.1. The van der Waals surface area contributed by atoms with Gasteiger partial charge in [-0.15, -0.1) is 23.1 Å². The quantitative estimate of drug-likeness (QED) is 0.462. The normalized spacial score (nSPS) is 10.3. The minimum atomic E-state index is -0.00940. The van der Waals surface area contributed by atoms with E-state index in [0.717, 1.165) is 12.2 Å². The van der Waals surface area contributed by atoms with Crippen LogP contribution in [0.5, 0.6) is 5.75 Å². The van der Waals surface area contributed by atoms with Gasteiger partial charge in [-0.2, -0.15) is 0 Å². The fraction of sp³-hybridized carbons (Fsp3) is 0.267. The van der Waals surface area contributed by atoms with Gasteiger partial charge >= 0.3 is 0 Å². The number of hydrogen-bond acceptors (Lipinski definition) is 5. The molecule has 0 spiro atoms. The van der Waals surface area contributed by atoms with Crippen LogP contribution in [-0.4, -0.2) is 18.8 Å². The summed E-state index contributed by atoms with van der Waals surface area (Å²) < 4.78 is 6.49. The highest BCUT2D eigenvalue weighted by atomic mass is 32.2. The fourth-order valence-corrected chi connectivity index (χ4v) is 3.58. The number of nitrogens with two attached hydrogens (primary N) is 1. The SMILES string of the molecule is COc1cc(N)ccc1NC(=O)CCCSc1cccs1. The molecular formula is C15H18N2O2S2. The van der Waals surface area contributed by atoms with Crippen LogP contribution in [0.4, 0.5) is 11.4 Å². The smallest absolute Gasteiger partial charge is 0.224 e. The molecule has 0 saturated carbocycles. The Kier molecular flexibility index (Phi) is 5.95. The Morgan fingerprint density at radius 3 is 3.00 bits per heavy atom. The number of hydrogen-bond donors (Lipinski definition) is 2. The van der Waals surface area contributed by atoms with E-state index in [1.54, 1.807) is 48.4 Å². The number of anilines is 2. The molecule has 4 nitrogen and oxygen atoms in total. The first kappa shape index (κ1) is 15.7. The van der Waals surface area contributed by atoms with Crippen molar-refractivity contribution in [3.05, 3.63) is 35.7 Å². The minimum absolute atomic E-state index is 0.00940. The van der Waals surface area contributed by atoms with Gasteiger partial charge in [-0.05, 0) is 35.8 Å². The third kappa shape index (κ3) is 4.99. The number of carbonyl (C=O) groups is 1. The molecule has 1 heterocycles. The van der Waals surface area contributed by atoms with E-state index in [1.165, 1.54) is 4.21 Å². The standard InChI is InChI=1S/C15H18N2O2S2/c1-19-13-10-11(16)6-7-12(13)17-14(18)4-2-8-20-15-5-3-9-21-15/h3,5-7,9-10H,2,4,8,16H2,1H3,(H,17,18). The summed E-state index contributed by atoms with van der Waals surface area (Å²) in [6.07, 6.45) is 1.33. The Bertz CT molecular complexity index is 585. The van der Waals surface area contributed by atoms with E-state index in [9.17, 15) is 4.79 Å². The lowest BCUT2D eigenvalue weighted by Crippen LogP contribution is -2.12. The summed E-state index contributed by atoms with van der Waals surface area (Å²) in [4.78, 5) is 11.9. The number of methoxy groups -OCH3 is 1. The van der Waals surface area contributed by atoms with Crippen molar-refractivity contribution >= 4 is 40.4 Å². The molecule has 0 saturated heterocycles. The predicted octanol–water partition coefficient (Wildman–Crippen LogP) is 3.85. The largest absolute Gasteiger partial charge is 0.494 e. The van der Waals surface area contributed by atoms with Gasteiger partial charge in [0.1, 0.15) is 5.75 Å². The number of amides is 1. The van der Waals surface area contributed by atoms with Crippen LogP contribution in [0.15, 0.2) is 39.9 Å². The molecule has 1 aromatic heterocycles. The summed E-state index contributed by atoms with van der Waals surface area (Å²) in [5, 5.41) is 4.91. The van der Waals surface area contributed by atoms with Crippen LogP contribution < -0.4 is 15.8 Å². The number of nitrogens with one attached hydrogen (secondary N) is 1. The molecule has 0 bridgehead atoms. The molecule has 0 fully saturated rings. The predicted molar refractivity (Wildman–Crippen MR) is 90.3 cm³/mol. The van der Waals surface area contributed by atoms with Gasteiger partial charge in [-0.3, -0.25) is 4.79 Å². The molecular weight excluding hydrogens is 304 g/mol. The molecule has 0 atom stereocenters. The van der Waals surface area contributed by atoms with Crippen molar-refractivity contribution in [2.75, 3.05) is 23.9 Å². The van der Waals surface area contributed by atoms with Crippen molar-refractivity contribution in [2.24, 2.45) is 0 Å². The van der Waals surface area contributed by atoms with E-state index in [1.807, 2.05) is 6.07 Å². The molecule has 1 aromatic carbocycles. The zero-order valence-corrected chi connectivity index (χ0v) is 13.4. The van der Waals surface area contributed by atoms with Gasteiger partial charge in [0.05, 0.1) is 17.0 Å². The van der Waals surface area contributed by atoms with Crippen molar-refractivity contribution in [1.29, 1.82) is 0 Å². The fourth-order valence-electron chi connectivity index (χ4n) is 1.77. The van der Waals surface area contributed by atoms with Crippen molar-refractivity contribution in [3.63, 3.8) is 0 Å². The first-order valence-electron chi connectivity index (χ1n) is 6.58. The number of nitrogen functional groups attached to an aromatic ring is 1. The Hall–Kier alpha value is -1.66. The number of rotatable bonds is 7. The highest BCUT2D eigenvalue weighted by molar-refractivity contribution is 8.01. The molecule has 2 rings (SSSR count). The minimum Gasteiger partial charge on any atom is -0.494 e. The van der Waals surface area contributed by atoms with Crippen molar-refractivity contribution in [1.82, 2.24) is 0 Å². The van der Waals surface area contributed by atoms with Crippen LogP contribution in [0.3, 0.4) is 0 Å². The Morgan fingerprint density at radius 2 is 2.29 bits per heavy atom. The van der Waals surface area contributed by atoms with E-state index in [2.05, 4.69) is 16.8 Å². The summed E-state index contributed by atoms with van der Waals surface area (Å²) in [7, 11) is 1.56. The van der Waals surface area contributed by atoms with Gasteiger partial charge in [0.25, 0.3) is 0 Å². The molecule has 112 valence electrons. The molecule has 3 N–H and O–H groups in total. The van der Waals surface area contributed by atoms with Crippen molar-refractivity contribution < 1.29 is 9.53 Å². The third-order valence-electron chi connectivity index (χ3n) is 2.79. The molecule has 0 aliphatic heterocycles. The van der Waals surface area contributed by atoms with E-state index >= 15 is 0 Å². The van der Waals surface area contributed by atoms with Crippen LogP contribution >= 0.6 is 23.1 Å². The summed E-state index contributed by atoms with van der Waals surface area (Å²) in [6, 6.07) is 9.32. The summed E-state index contributed by atoms with van der Waals surface area (Å²) in [5.74, 6) is 1.51.